The van der Waals surface area contributed by atoms with Crippen LogP contribution in [0.2, 0.25) is 0 Å². The Bertz CT molecular complexity index is 645. The van der Waals surface area contributed by atoms with Crippen LogP contribution >= 0.6 is 15.9 Å². The Labute approximate surface area is 108 Å². The van der Waals surface area contributed by atoms with Gasteiger partial charge in [-0.3, -0.25) is 4.79 Å². The van der Waals surface area contributed by atoms with Crippen LogP contribution in [-0.2, 0) is 0 Å². The fourth-order valence-corrected chi connectivity index (χ4v) is 1.81. The van der Waals surface area contributed by atoms with Crippen molar-refractivity contribution in [2.24, 2.45) is 0 Å². The second kappa shape index (κ2) is 4.97. The Morgan fingerprint density at radius 3 is 2.89 bits per heavy atom. The monoisotopic (exact) mass is 319 g/mol. The van der Waals surface area contributed by atoms with Gasteiger partial charge in [0.05, 0.1) is 9.86 Å². The van der Waals surface area contributed by atoms with Crippen LogP contribution in [-0.4, -0.2) is 28.0 Å². The Balaban J connectivity index is 2.50. The predicted octanol–water partition coefficient (Wildman–Crippen LogP) is 2.03. The molecule has 5 nitrogen and oxygen atoms in total. The third kappa shape index (κ3) is 2.63. The van der Waals surface area contributed by atoms with Crippen LogP contribution in [0.15, 0.2) is 15.3 Å². The number of rotatable bonds is 3. The van der Waals surface area contributed by atoms with Crippen LogP contribution in [0.25, 0.3) is 11.0 Å². The van der Waals surface area contributed by atoms with Gasteiger partial charge in [-0.05, 0) is 28.9 Å². The first kappa shape index (κ1) is 12.9. The highest BCUT2D eigenvalue weighted by molar-refractivity contribution is 9.10. The quantitative estimate of drug-likeness (QED) is 0.940. The van der Waals surface area contributed by atoms with Crippen LogP contribution in [0.1, 0.15) is 5.82 Å². The number of ether oxygens (including phenoxy) is 1. The second-order valence-corrected chi connectivity index (χ2v) is 4.35. The molecule has 0 amide bonds. The third-order valence-electron chi connectivity index (χ3n) is 2.08. The third-order valence-corrected chi connectivity index (χ3v) is 2.65. The molecule has 2 aromatic rings. The van der Waals surface area contributed by atoms with E-state index in [1.54, 1.807) is 6.92 Å². The van der Waals surface area contributed by atoms with Crippen LogP contribution in [0.3, 0.4) is 0 Å². The number of hydrogen-bond acceptors (Lipinski definition) is 4. The molecule has 0 aliphatic heterocycles. The normalized spacial score (nSPS) is 11.2. The molecular weight excluding hydrogens is 312 g/mol. The molecule has 0 spiro atoms. The molecule has 1 N–H and O–H groups in total. The molecule has 0 fully saturated rings. The zero-order valence-corrected chi connectivity index (χ0v) is 10.8. The lowest BCUT2D eigenvalue weighted by Crippen LogP contribution is -2.12. The number of pyridine rings is 1. The van der Waals surface area contributed by atoms with E-state index in [1.165, 1.54) is 6.07 Å². The van der Waals surface area contributed by atoms with Crippen molar-refractivity contribution in [3.8, 4) is 5.88 Å². The first-order valence-electron chi connectivity index (χ1n) is 4.95. The van der Waals surface area contributed by atoms with Gasteiger partial charge >= 0.3 is 0 Å². The molecule has 18 heavy (non-hydrogen) atoms. The number of hydrogen-bond donors (Lipinski definition) is 1. The Hall–Kier alpha value is -1.57. The van der Waals surface area contributed by atoms with Gasteiger partial charge in [-0.25, -0.2) is 13.8 Å². The minimum absolute atomic E-state index is 0.0136. The topological polar surface area (TPSA) is 67.9 Å². The Morgan fingerprint density at radius 2 is 2.22 bits per heavy atom. The summed E-state index contributed by atoms with van der Waals surface area (Å²) in [7, 11) is 0. The summed E-state index contributed by atoms with van der Waals surface area (Å²) in [6.45, 7) is 0.837. The maximum atomic E-state index is 12.1. The summed E-state index contributed by atoms with van der Waals surface area (Å²) in [5.74, 6) is 0.377. The average molecular weight is 320 g/mol. The lowest BCUT2D eigenvalue weighted by Gasteiger charge is -2.07. The summed E-state index contributed by atoms with van der Waals surface area (Å²) in [6, 6.07) is 1.44. The van der Waals surface area contributed by atoms with Gasteiger partial charge in [-0.1, -0.05) is 0 Å². The molecule has 2 heterocycles. The molecule has 0 bridgehead atoms. The Kier molecular flexibility index (Phi) is 3.55. The van der Waals surface area contributed by atoms with Gasteiger partial charge in [0.2, 0.25) is 5.88 Å². The van der Waals surface area contributed by atoms with Crippen molar-refractivity contribution in [3.63, 3.8) is 0 Å². The van der Waals surface area contributed by atoms with Gasteiger partial charge in [0.25, 0.3) is 12.0 Å². The fraction of sp³-hybridized carbons (Fsp3) is 0.300. The molecule has 0 unspecified atom stereocenters. The second-order valence-electron chi connectivity index (χ2n) is 3.50. The number of aromatic amines is 1. The number of fused-ring (bicyclic) bond motifs is 1. The largest absolute Gasteiger partial charge is 0.471 e. The van der Waals surface area contributed by atoms with Crippen molar-refractivity contribution >= 4 is 27.0 Å². The van der Waals surface area contributed by atoms with E-state index < -0.39 is 13.0 Å². The molecule has 0 aromatic carbocycles. The fourth-order valence-electron chi connectivity index (χ4n) is 1.38. The van der Waals surface area contributed by atoms with Gasteiger partial charge in [0.1, 0.15) is 5.82 Å². The van der Waals surface area contributed by atoms with Crippen molar-refractivity contribution in [1.29, 1.82) is 0 Å². The highest BCUT2D eigenvalue weighted by Gasteiger charge is 2.12. The molecule has 96 valence electrons. The highest BCUT2D eigenvalue weighted by atomic mass is 79.9. The zero-order valence-electron chi connectivity index (χ0n) is 9.21. The summed E-state index contributed by atoms with van der Waals surface area (Å²) in [5.41, 5.74) is -0.185. The van der Waals surface area contributed by atoms with E-state index in [0.717, 1.165) is 0 Å². The van der Waals surface area contributed by atoms with Crippen molar-refractivity contribution in [3.05, 3.63) is 26.7 Å². The SMILES string of the molecule is Cc1nc2nc(OCC(F)F)c(Br)cc2c(=O)[nH]1. The molecule has 2 rings (SSSR count). The van der Waals surface area contributed by atoms with Gasteiger partial charge in [0.15, 0.2) is 12.3 Å². The van der Waals surface area contributed by atoms with Crippen molar-refractivity contribution in [2.45, 2.75) is 13.3 Å². The van der Waals surface area contributed by atoms with Crippen LogP contribution in [0.5, 0.6) is 5.88 Å². The lowest BCUT2D eigenvalue weighted by atomic mass is 10.3. The van der Waals surface area contributed by atoms with Gasteiger partial charge < -0.3 is 9.72 Å². The number of nitrogens with one attached hydrogen (secondary N) is 1. The Morgan fingerprint density at radius 1 is 1.50 bits per heavy atom. The zero-order chi connectivity index (χ0) is 13.3. The summed E-state index contributed by atoms with van der Waals surface area (Å²) < 4.78 is 29.3. The van der Waals surface area contributed by atoms with Crippen LogP contribution in [0, 0.1) is 6.92 Å². The molecule has 0 aliphatic rings. The summed E-state index contributed by atoms with van der Waals surface area (Å²) >= 11 is 3.11. The van der Waals surface area contributed by atoms with E-state index in [0.29, 0.717) is 10.3 Å². The van der Waals surface area contributed by atoms with Gasteiger partial charge in [0, 0.05) is 0 Å². The molecule has 8 heteroatoms. The van der Waals surface area contributed by atoms with Crippen molar-refractivity contribution in [2.75, 3.05) is 6.61 Å². The maximum absolute atomic E-state index is 12.1. The van der Waals surface area contributed by atoms with E-state index in [9.17, 15) is 13.6 Å². The first-order chi connectivity index (χ1) is 8.47. The van der Waals surface area contributed by atoms with E-state index >= 15 is 0 Å². The minimum Gasteiger partial charge on any atom is -0.471 e. The molecule has 0 saturated heterocycles. The smallest absolute Gasteiger partial charge is 0.272 e. The maximum Gasteiger partial charge on any atom is 0.272 e. The summed E-state index contributed by atoms with van der Waals surface area (Å²) in [6.07, 6.45) is -2.59. The van der Waals surface area contributed by atoms with E-state index in [2.05, 4.69) is 30.9 Å². The molecule has 0 radical (unpaired) electrons. The van der Waals surface area contributed by atoms with Gasteiger partial charge in [-0.15, -0.1) is 0 Å². The number of alkyl halides is 2. The number of H-pyrrole nitrogens is 1. The van der Waals surface area contributed by atoms with Crippen molar-refractivity contribution in [1.82, 2.24) is 15.0 Å². The summed E-state index contributed by atoms with van der Waals surface area (Å²) in [4.78, 5) is 22.1. The molecule has 0 atom stereocenters. The first-order valence-corrected chi connectivity index (χ1v) is 5.75. The number of halogens is 3. The molecule has 2 aromatic heterocycles. The van der Waals surface area contributed by atoms with Crippen LogP contribution in [0.4, 0.5) is 8.78 Å². The van der Waals surface area contributed by atoms with E-state index in [-0.39, 0.29) is 22.5 Å². The molecule has 0 saturated carbocycles. The van der Waals surface area contributed by atoms with E-state index in [1.807, 2.05) is 0 Å². The van der Waals surface area contributed by atoms with Gasteiger partial charge in [-0.2, -0.15) is 4.98 Å². The molecule has 0 aliphatic carbocycles. The van der Waals surface area contributed by atoms with Crippen molar-refractivity contribution < 1.29 is 13.5 Å². The standard InChI is InChI=1S/C10H8BrF2N3O2/c1-4-14-8-5(9(17)15-4)2-6(11)10(16-8)18-3-7(12)13/h2,7H,3H2,1H3,(H,14,15,16,17). The predicted molar refractivity (Wildman–Crippen MR) is 64.1 cm³/mol. The minimum atomic E-state index is -2.59. The number of aryl methyl sites for hydroxylation is 1. The number of aromatic nitrogens is 3. The average Bonchev–Trinajstić information content (AvgIpc) is 2.27. The summed E-state index contributed by atoms with van der Waals surface area (Å²) in [5, 5.41) is 0.261. The molecular formula is C10H8BrF2N3O2. The van der Waals surface area contributed by atoms with E-state index in [4.69, 9.17) is 4.74 Å². The lowest BCUT2D eigenvalue weighted by molar-refractivity contribution is 0.0793. The highest BCUT2D eigenvalue weighted by Crippen LogP contribution is 2.25. The number of nitrogens with zero attached hydrogens (tertiary/aromatic N) is 2. The van der Waals surface area contributed by atoms with Crippen LogP contribution < -0.4 is 10.3 Å².